The molecule has 0 aliphatic heterocycles. The predicted octanol–water partition coefficient (Wildman–Crippen LogP) is 3.87. The van der Waals surface area contributed by atoms with Gasteiger partial charge in [-0.05, 0) is 44.6 Å². The van der Waals surface area contributed by atoms with E-state index in [0.29, 0.717) is 12.2 Å². The summed E-state index contributed by atoms with van der Waals surface area (Å²) in [5.74, 6) is -0.426. The molecule has 22 heavy (non-hydrogen) atoms. The summed E-state index contributed by atoms with van der Waals surface area (Å²) in [7, 11) is 2.10. The van der Waals surface area contributed by atoms with Crippen molar-refractivity contribution in [1.82, 2.24) is 10.2 Å². The number of rotatable bonds is 5. The van der Waals surface area contributed by atoms with Crippen LogP contribution in [-0.2, 0) is 0 Å². The number of urea groups is 1. The average molecular weight is 328 g/mol. The molecule has 0 spiro atoms. The van der Waals surface area contributed by atoms with Crippen LogP contribution in [0, 0.1) is 5.82 Å². The first-order valence-corrected chi connectivity index (χ1v) is 8.06. The zero-order chi connectivity index (χ0) is 16.2. The van der Waals surface area contributed by atoms with Crippen LogP contribution >= 0.6 is 11.6 Å². The maximum Gasteiger partial charge on any atom is 0.319 e. The number of hydrogen-bond acceptors (Lipinski definition) is 2. The van der Waals surface area contributed by atoms with Crippen LogP contribution in [0.25, 0.3) is 0 Å². The highest BCUT2D eigenvalue weighted by Crippen LogP contribution is 2.33. The first-order chi connectivity index (χ1) is 10.5. The minimum Gasteiger partial charge on any atom is -0.336 e. The molecule has 1 aliphatic carbocycles. The topological polar surface area (TPSA) is 44.4 Å². The lowest BCUT2D eigenvalue weighted by Crippen LogP contribution is -2.53. The summed E-state index contributed by atoms with van der Waals surface area (Å²) in [5.41, 5.74) is 0.448. The number of anilines is 1. The van der Waals surface area contributed by atoms with Gasteiger partial charge in [0.2, 0.25) is 0 Å². The fourth-order valence-electron chi connectivity index (χ4n) is 3.06. The van der Waals surface area contributed by atoms with Crippen molar-refractivity contribution >= 4 is 23.3 Å². The zero-order valence-electron chi connectivity index (χ0n) is 13.1. The van der Waals surface area contributed by atoms with E-state index in [-0.39, 0.29) is 16.6 Å². The maximum absolute atomic E-state index is 13.0. The Labute approximate surface area is 136 Å². The molecular weight excluding hydrogens is 305 g/mol. The van der Waals surface area contributed by atoms with Crippen molar-refractivity contribution in [1.29, 1.82) is 0 Å². The Bertz CT molecular complexity index is 532. The molecule has 6 heteroatoms. The molecule has 1 fully saturated rings. The third kappa shape index (κ3) is 3.90. The molecular formula is C16H23ClFN3O. The quantitative estimate of drug-likeness (QED) is 0.862. The van der Waals surface area contributed by atoms with Crippen LogP contribution in [0.5, 0.6) is 0 Å². The van der Waals surface area contributed by atoms with Crippen LogP contribution in [0.2, 0.25) is 5.02 Å². The molecule has 0 radical (unpaired) electrons. The molecule has 2 N–H and O–H groups in total. The Hall–Kier alpha value is -1.33. The molecule has 0 unspecified atom stereocenters. The Morgan fingerprint density at radius 3 is 2.68 bits per heavy atom. The van der Waals surface area contributed by atoms with Gasteiger partial charge in [-0.3, -0.25) is 4.90 Å². The van der Waals surface area contributed by atoms with Crippen molar-refractivity contribution in [2.24, 2.45) is 0 Å². The minimum atomic E-state index is -0.426. The number of nitrogens with one attached hydrogen (secondary N) is 2. The Morgan fingerprint density at radius 1 is 1.41 bits per heavy atom. The zero-order valence-corrected chi connectivity index (χ0v) is 13.8. The Balaban J connectivity index is 1.94. The van der Waals surface area contributed by atoms with Gasteiger partial charge < -0.3 is 10.6 Å². The summed E-state index contributed by atoms with van der Waals surface area (Å²) in [4.78, 5) is 14.4. The normalized spacial score (nSPS) is 16.8. The maximum atomic E-state index is 13.0. The molecule has 0 saturated heterocycles. The fourth-order valence-corrected chi connectivity index (χ4v) is 3.28. The molecule has 2 rings (SSSR count). The van der Waals surface area contributed by atoms with Crippen molar-refractivity contribution in [2.75, 3.05) is 25.5 Å². The largest absolute Gasteiger partial charge is 0.336 e. The molecule has 0 bridgehead atoms. The third-order valence-electron chi connectivity index (χ3n) is 4.58. The van der Waals surface area contributed by atoms with E-state index >= 15 is 0 Å². The first kappa shape index (κ1) is 17.0. The third-order valence-corrected chi connectivity index (χ3v) is 4.89. The minimum absolute atomic E-state index is 0.0404. The SMILES string of the molecule is CCN(C)C1(CNC(=O)Nc2ccc(F)cc2Cl)CCCC1. The van der Waals surface area contributed by atoms with Crippen LogP contribution in [0.15, 0.2) is 18.2 Å². The van der Waals surface area contributed by atoms with Gasteiger partial charge in [-0.25, -0.2) is 9.18 Å². The van der Waals surface area contributed by atoms with Gasteiger partial charge in [0.15, 0.2) is 0 Å². The van der Waals surface area contributed by atoms with Crippen molar-refractivity contribution in [2.45, 2.75) is 38.1 Å². The van der Waals surface area contributed by atoms with Gasteiger partial charge in [0.1, 0.15) is 5.82 Å². The Morgan fingerprint density at radius 2 is 2.09 bits per heavy atom. The van der Waals surface area contributed by atoms with Crippen LogP contribution in [0.1, 0.15) is 32.6 Å². The number of likely N-dealkylation sites (N-methyl/N-ethyl adjacent to an activating group) is 1. The highest BCUT2D eigenvalue weighted by atomic mass is 35.5. The average Bonchev–Trinajstić information content (AvgIpc) is 2.97. The summed E-state index contributed by atoms with van der Waals surface area (Å²) >= 11 is 5.91. The van der Waals surface area contributed by atoms with E-state index in [2.05, 4.69) is 29.5 Å². The lowest BCUT2D eigenvalue weighted by molar-refractivity contribution is 0.131. The highest BCUT2D eigenvalue weighted by Gasteiger charge is 2.37. The van der Waals surface area contributed by atoms with E-state index in [1.165, 1.54) is 31.0 Å². The van der Waals surface area contributed by atoms with Gasteiger partial charge in [-0.15, -0.1) is 0 Å². The molecule has 4 nitrogen and oxygen atoms in total. The van der Waals surface area contributed by atoms with E-state index < -0.39 is 5.82 Å². The van der Waals surface area contributed by atoms with Gasteiger partial charge in [-0.1, -0.05) is 31.4 Å². The van der Waals surface area contributed by atoms with Crippen molar-refractivity contribution in [3.05, 3.63) is 29.0 Å². The number of nitrogens with zero attached hydrogens (tertiary/aromatic N) is 1. The van der Waals surface area contributed by atoms with Crippen LogP contribution in [0.3, 0.4) is 0 Å². The number of benzene rings is 1. The second kappa shape index (κ2) is 7.29. The molecule has 1 aromatic carbocycles. The van der Waals surface area contributed by atoms with Crippen LogP contribution in [-0.4, -0.2) is 36.6 Å². The monoisotopic (exact) mass is 327 g/mol. The van der Waals surface area contributed by atoms with Crippen molar-refractivity contribution < 1.29 is 9.18 Å². The molecule has 1 aliphatic rings. The predicted molar refractivity (Wildman–Crippen MR) is 87.9 cm³/mol. The second-order valence-corrected chi connectivity index (χ2v) is 6.28. The summed E-state index contributed by atoms with van der Waals surface area (Å²) in [6, 6.07) is 3.59. The summed E-state index contributed by atoms with van der Waals surface area (Å²) < 4.78 is 13.0. The number of carbonyl (C=O) groups is 1. The molecule has 0 aromatic heterocycles. The van der Waals surface area contributed by atoms with E-state index in [0.717, 1.165) is 19.4 Å². The van der Waals surface area contributed by atoms with E-state index in [1.807, 2.05) is 0 Å². The fraction of sp³-hybridized carbons (Fsp3) is 0.562. The van der Waals surface area contributed by atoms with Gasteiger partial charge in [0.05, 0.1) is 10.7 Å². The van der Waals surface area contributed by atoms with Gasteiger partial charge in [0.25, 0.3) is 0 Å². The van der Waals surface area contributed by atoms with E-state index in [1.54, 1.807) is 0 Å². The molecule has 122 valence electrons. The summed E-state index contributed by atoms with van der Waals surface area (Å²) in [6.45, 7) is 3.67. The number of carbonyl (C=O) groups excluding carboxylic acids is 1. The molecule has 0 heterocycles. The molecule has 1 aromatic rings. The van der Waals surface area contributed by atoms with Crippen LogP contribution < -0.4 is 10.6 Å². The lowest BCUT2D eigenvalue weighted by Gasteiger charge is -2.38. The van der Waals surface area contributed by atoms with Gasteiger partial charge in [-0.2, -0.15) is 0 Å². The highest BCUT2D eigenvalue weighted by molar-refractivity contribution is 6.33. The standard InChI is InChI=1S/C16H23ClFN3O/c1-3-21(2)16(8-4-5-9-16)11-19-15(22)20-14-7-6-12(18)10-13(14)17/h6-7,10H,3-5,8-9,11H2,1-2H3,(H2,19,20,22). The van der Waals surface area contributed by atoms with Crippen LogP contribution in [0.4, 0.5) is 14.9 Å². The van der Waals surface area contributed by atoms with E-state index in [4.69, 9.17) is 11.6 Å². The molecule has 0 atom stereocenters. The number of halogens is 2. The second-order valence-electron chi connectivity index (χ2n) is 5.88. The summed E-state index contributed by atoms with van der Waals surface area (Å²) in [6.07, 6.45) is 4.57. The first-order valence-electron chi connectivity index (χ1n) is 7.68. The molecule has 1 saturated carbocycles. The van der Waals surface area contributed by atoms with Crippen molar-refractivity contribution in [3.63, 3.8) is 0 Å². The van der Waals surface area contributed by atoms with Crippen molar-refractivity contribution in [3.8, 4) is 0 Å². The molecule has 2 amide bonds. The van der Waals surface area contributed by atoms with Gasteiger partial charge >= 0.3 is 6.03 Å². The Kier molecular flexibility index (Phi) is 5.64. The van der Waals surface area contributed by atoms with Gasteiger partial charge in [0, 0.05) is 12.1 Å². The number of amides is 2. The van der Waals surface area contributed by atoms with E-state index in [9.17, 15) is 9.18 Å². The lowest BCUT2D eigenvalue weighted by atomic mass is 9.95. The number of hydrogen-bond donors (Lipinski definition) is 2. The summed E-state index contributed by atoms with van der Waals surface area (Å²) in [5, 5.41) is 5.79. The smallest absolute Gasteiger partial charge is 0.319 e.